The average molecular weight is 125 g/mol. The van der Waals surface area contributed by atoms with Crippen molar-refractivity contribution in [2.45, 2.75) is 13.0 Å². The molecule has 0 aromatic carbocycles. The smallest absolute Gasteiger partial charge is 0.116 e. The molecule has 50 valence electrons. The third kappa shape index (κ3) is 1.57. The fourth-order valence-corrected chi connectivity index (χ4v) is 0.770. The van der Waals surface area contributed by atoms with Gasteiger partial charge < -0.3 is 10.5 Å². The molecule has 9 heavy (non-hydrogen) atoms. The van der Waals surface area contributed by atoms with Crippen LogP contribution in [0.5, 0.6) is 0 Å². The van der Waals surface area contributed by atoms with Gasteiger partial charge in [-0.2, -0.15) is 0 Å². The van der Waals surface area contributed by atoms with Gasteiger partial charge in [-0.3, -0.25) is 0 Å². The maximum Gasteiger partial charge on any atom is 0.116 e. The van der Waals surface area contributed by atoms with Gasteiger partial charge in [0.1, 0.15) is 5.76 Å². The van der Waals surface area contributed by atoms with Crippen molar-refractivity contribution in [1.29, 1.82) is 0 Å². The molecule has 0 radical (unpaired) electrons. The number of nitrogens with two attached hydrogens (primary N) is 1. The molecule has 0 aliphatic heterocycles. The minimum atomic E-state index is 0.0616. The van der Waals surface area contributed by atoms with Crippen LogP contribution in [0.15, 0.2) is 24.0 Å². The molecule has 0 aromatic heterocycles. The molecule has 0 aromatic rings. The summed E-state index contributed by atoms with van der Waals surface area (Å²) in [5.41, 5.74) is 5.51. The molecule has 1 aliphatic rings. The predicted molar refractivity (Wildman–Crippen MR) is 36.8 cm³/mol. The van der Waals surface area contributed by atoms with Crippen LogP contribution in [0.25, 0.3) is 0 Å². The van der Waals surface area contributed by atoms with Gasteiger partial charge in [-0.1, -0.05) is 6.08 Å². The minimum absolute atomic E-state index is 0.0616. The molecule has 0 heterocycles. The van der Waals surface area contributed by atoms with Crippen LogP contribution in [-0.2, 0) is 4.74 Å². The summed E-state index contributed by atoms with van der Waals surface area (Å²) in [7, 11) is 0. The Balaban J connectivity index is 2.44. The van der Waals surface area contributed by atoms with E-state index in [0.29, 0.717) is 6.61 Å². The van der Waals surface area contributed by atoms with Crippen molar-refractivity contribution < 1.29 is 4.74 Å². The van der Waals surface area contributed by atoms with Gasteiger partial charge in [0.2, 0.25) is 0 Å². The average Bonchev–Trinajstić information content (AvgIpc) is 2.17. The lowest BCUT2D eigenvalue weighted by molar-refractivity contribution is 0.243. The predicted octanol–water partition coefficient (Wildman–Crippen LogP) is 0.804. The highest BCUT2D eigenvalue weighted by Gasteiger charge is 2.03. The van der Waals surface area contributed by atoms with E-state index in [1.54, 1.807) is 0 Å². The van der Waals surface area contributed by atoms with E-state index in [0.717, 1.165) is 5.76 Å². The van der Waals surface area contributed by atoms with Crippen molar-refractivity contribution >= 4 is 0 Å². The Morgan fingerprint density at radius 3 is 3.00 bits per heavy atom. The molecule has 1 atom stereocenters. The van der Waals surface area contributed by atoms with Gasteiger partial charge in [-0.05, 0) is 19.1 Å². The van der Waals surface area contributed by atoms with Crippen molar-refractivity contribution in [3.05, 3.63) is 24.0 Å². The number of ether oxygens (including phenoxy) is 1. The normalized spacial score (nSPS) is 24.2. The molecule has 0 amide bonds. The van der Waals surface area contributed by atoms with Gasteiger partial charge in [0.25, 0.3) is 0 Å². The van der Waals surface area contributed by atoms with E-state index in [9.17, 15) is 0 Å². The first kappa shape index (κ1) is 6.36. The van der Waals surface area contributed by atoms with E-state index < -0.39 is 0 Å². The molecule has 0 bridgehead atoms. The zero-order valence-corrected chi connectivity index (χ0v) is 5.50. The Morgan fingerprint density at radius 2 is 2.56 bits per heavy atom. The van der Waals surface area contributed by atoms with Gasteiger partial charge >= 0.3 is 0 Å². The largest absolute Gasteiger partial charge is 0.494 e. The van der Waals surface area contributed by atoms with E-state index in [1.807, 2.05) is 25.2 Å². The summed E-state index contributed by atoms with van der Waals surface area (Å²) in [5.74, 6) is 0.894. The molecule has 0 saturated heterocycles. The fraction of sp³-hybridized carbons (Fsp3) is 0.429. The minimum Gasteiger partial charge on any atom is -0.494 e. The highest BCUT2D eigenvalue weighted by Crippen LogP contribution is 2.08. The standard InChI is InChI=1S/C7H11NO/c1-2-9-7-4-3-6(8)5-7/h3-6H,2,8H2,1H3. The van der Waals surface area contributed by atoms with Gasteiger partial charge in [-0.15, -0.1) is 0 Å². The van der Waals surface area contributed by atoms with E-state index in [-0.39, 0.29) is 6.04 Å². The monoisotopic (exact) mass is 125 g/mol. The quantitative estimate of drug-likeness (QED) is 0.592. The molecule has 0 spiro atoms. The number of hydrogen-bond acceptors (Lipinski definition) is 2. The second-order valence-electron chi connectivity index (χ2n) is 1.94. The summed E-state index contributed by atoms with van der Waals surface area (Å²) in [5, 5.41) is 0. The molecule has 2 N–H and O–H groups in total. The molecular formula is C7H11NO. The lowest BCUT2D eigenvalue weighted by atomic mass is 10.4. The molecule has 1 unspecified atom stereocenters. The van der Waals surface area contributed by atoms with Gasteiger partial charge in [-0.25, -0.2) is 0 Å². The van der Waals surface area contributed by atoms with Crippen LogP contribution in [0.3, 0.4) is 0 Å². The third-order valence-electron chi connectivity index (χ3n) is 1.15. The zero-order chi connectivity index (χ0) is 6.69. The molecule has 2 nitrogen and oxygen atoms in total. The maximum absolute atomic E-state index is 5.51. The highest BCUT2D eigenvalue weighted by molar-refractivity contribution is 5.26. The first-order valence-corrected chi connectivity index (χ1v) is 3.11. The van der Waals surface area contributed by atoms with Crippen LogP contribution in [0.2, 0.25) is 0 Å². The van der Waals surface area contributed by atoms with Crippen molar-refractivity contribution in [2.75, 3.05) is 6.61 Å². The molecule has 0 fully saturated rings. The molecule has 0 saturated carbocycles. The van der Waals surface area contributed by atoms with Crippen molar-refractivity contribution in [3.8, 4) is 0 Å². The Labute approximate surface area is 55.0 Å². The van der Waals surface area contributed by atoms with Gasteiger partial charge in [0, 0.05) is 6.04 Å². The molecule has 1 rings (SSSR count). The van der Waals surface area contributed by atoms with Crippen LogP contribution in [-0.4, -0.2) is 12.6 Å². The SMILES string of the molecule is CCOC1=CC(N)C=C1. The lowest BCUT2D eigenvalue weighted by Gasteiger charge is -1.98. The first-order chi connectivity index (χ1) is 4.33. The van der Waals surface area contributed by atoms with Crippen LogP contribution in [0, 0.1) is 0 Å². The summed E-state index contributed by atoms with van der Waals surface area (Å²) >= 11 is 0. The number of hydrogen-bond donors (Lipinski definition) is 1. The van der Waals surface area contributed by atoms with Crippen LogP contribution in [0.1, 0.15) is 6.92 Å². The van der Waals surface area contributed by atoms with E-state index in [1.165, 1.54) is 0 Å². The summed E-state index contributed by atoms with van der Waals surface area (Å²) in [6.07, 6.45) is 5.70. The van der Waals surface area contributed by atoms with Crippen molar-refractivity contribution in [1.82, 2.24) is 0 Å². The van der Waals surface area contributed by atoms with Crippen LogP contribution in [0.4, 0.5) is 0 Å². The summed E-state index contributed by atoms with van der Waals surface area (Å²) in [6.45, 7) is 2.67. The molecular weight excluding hydrogens is 114 g/mol. The third-order valence-corrected chi connectivity index (χ3v) is 1.15. The summed E-state index contributed by atoms with van der Waals surface area (Å²) in [6, 6.07) is 0.0616. The van der Waals surface area contributed by atoms with Gasteiger partial charge in [0.15, 0.2) is 0 Å². The van der Waals surface area contributed by atoms with Crippen molar-refractivity contribution in [3.63, 3.8) is 0 Å². The summed E-state index contributed by atoms with van der Waals surface area (Å²) in [4.78, 5) is 0. The van der Waals surface area contributed by atoms with E-state index in [2.05, 4.69) is 0 Å². The maximum atomic E-state index is 5.51. The van der Waals surface area contributed by atoms with E-state index >= 15 is 0 Å². The Hall–Kier alpha value is -0.760. The fourth-order valence-electron chi connectivity index (χ4n) is 0.770. The Bertz CT molecular complexity index is 149. The lowest BCUT2D eigenvalue weighted by Crippen LogP contribution is -2.10. The van der Waals surface area contributed by atoms with Crippen LogP contribution >= 0.6 is 0 Å². The Kier molecular flexibility index (Phi) is 1.90. The second-order valence-corrected chi connectivity index (χ2v) is 1.94. The summed E-state index contributed by atoms with van der Waals surface area (Å²) < 4.78 is 5.17. The second kappa shape index (κ2) is 2.69. The highest BCUT2D eigenvalue weighted by atomic mass is 16.5. The van der Waals surface area contributed by atoms with Crippen molar-refractivity contribution in [2.24, 2.45) is 5.73 Å². The first-order valence-electron chi connectivity index (χ1n) is 3.11. The Morgan fingerprint density at radius 1 is 1.78 bits per heavy atom. The number of allylic oxidation sites excluding steroid dienone is 1. The van der Waals surface area contributed by atoms with Gasteiger partial charge in [0.05, 0.1) is 6.61 Å². The molecule has 2 heteroatoms. The number of rotatable bonds is 2. The van der Waals surface area contributed by atoms with Crippen LogP contribution < -0.4 is 5.73 Å². The molecule has 1 aliphatic carbocycles. The van der Waals surface area contributed by atoms with E-state index in [4.69, 9.17) is 10.5 Å². The zero-order valence-electron chi connectivity index (χ0n) is 5.50. The topological polar surface area (TPSA) is 35.2 Å².